The molecule has 1 amide bonds. The molecule has 1 atom stereocenters. The zero-order valence-electron chi connectivity index (χ0n) is 14.8. The Bertz CT molecular complexity index is 742. The fourth-order valence-corrected chi connectivity index (χ4v) is 2.78. The summed E-state index contributed by atoms with van der Waals surface area (Å²) in [4.78, 5) is 12.3. The first kappa shape index (κ1) is 18.5. The van der Waals surface area contributed by atoms with Crippen LogP contribution in [0.1, 0.15) is 49.1 Å². The van der Waals surface area contributed by atoms with Crippen molar-refractivity contribution in [2.45, 2.75) is 40.7 Å². The number of aliphatic hydroxyl groups is 1. The van der Waals surface area contributed by atoms with Crippen LogP contribution in [-0.2, 0) is 4.79 Å². The van der Waals surface area contributed by atoms with E-state index < -0.39 is 11.5 Å². The lowest BCUT2D eigenvalue weighted by molar-refractivity contribution is -0.123. The van der Waals surface area contributed by atoms with Gasteiger partial charge in [-0.2, -0.15) is 0 Å². The lowest BCUT2D eigenvalue weighted by Crippen LogP contribution is -2.28. The molecule has 128 valence electrons. The van der Waals surface area contributed by atoms with Crippen molar-refractivity contribution in [1.82, 2.24) is 0 Å². The van der Waals surface area contributed by atoms with E-state index in [1.165, 1.54) is 0 Å². The molecular weight excluding hydrogens is 322 g/mol. The van der Waals surface area contributed by atoms with Gasteiger partial charge < -0.3 is 10.4 Å². The number of amides is 1. The van der Waals surface area contributed by atoms with Crippen molar-refractivity contribution in [2.24, 2.45) is 5.41 Å². The van der Waals surface area contributed by atoms with Crippen molar-refractivity contribution >= 4 is 23.2 Å². The maximum atomic E-state index is 12.3. The van der Waals surface area contributed by atoms with Gasteiger partial charge in [-0.3, -0.25) is 4.79 Å². The summed E-state index contributed by atoms with van der Waals surface area (Å²) in [5.41, 5.74) is 3.48. The Morgan fingerprint density at radius 2 is 1.71 bits per heavy atom. The normalized spacial score (nSPS) is 12.8. The number of hydrogen-bond donors (Lipinski definition) is 2. The zero-order chi connectivity index (χ0) is 18.1. The van der Waals surface area contributed by atoms with Crippen LogP contribution in [0.15, 0.2) is 36.4 Å². The molecular formula is C20H24ClNO2. The van der Waals surface area contributed by atoms with Gasteiger partial charge in [0.25, 0.3) is 0 Å². The molecule has 0 bridgehead atoms. The van der Waals surface area contributed by atoms with Crippen LogP contribution in [0.3, 0.4) is 0 Å². The van der Waals surface area contributed by atoms with Crippen molar-refractivity contribution in [2.75, 3.05) is 5.32 Å². The molecule has 2 N–H and O–H groups in total. The maximum Gasteiger partial charge on any atom is 0.229 e. The van der Waals surface area contributed by atoms with Gasteiger partial charge >= 0.3 is 0 Å². The topological polar surface area (TPSA) is 49.3 Å². The Morgan fingerprint density at radius 3 is 2.25 bits per heavy atom. The number of benzene rings is 2. The molecule has 4 heteroatoms. The second-order valence-electron chi connectivity index (χ2n) is 7.14. The monoisotopic (exact) mass is 345 g/mol. The molecule has 0 aliphatic rings. The van der Waals surface area contributed by atoms with E-state index in [0.29, 0.717) is 16.3 Å². The standard InChI is InChI=1S/C20H24ClNO2/c1-12-7-6-8-13(2)17(12)18(23)15-11-14(21)9-10-16(15)22-19(24)20(3,4)5/h6-11,18,23H,1-5H3,(H,22,24). The van der Waals surface area contributed by atoms with Gasteiger partial charge in [-0.1, -0.05) is 50.6 Å². The minimum absolute atomic E-state index is 0.111. The van der Waals surface area contributed by atoms with Crippen molar-refractivity contribution < 1.29 is 9.90 Å². The quantitative estimate of drug-likeness (QED) is 0.820. The highest BCUT2D eigenvalue weighted by Crippen LogP contribution is 2.34. The molecule has 2 aromatic rings. The van der Waals surface area contributed by atoms with Gasteiger partial charge in [0.2, 0.25) is 5.91 Å². The summed E-state index contributed by atoms with van der Waals surface area (Å²) in [6.07, 6.45) is -0.861. The minimum Gasteiger partial charge on any atom is -0.384 e. The predicted octanol–water partition coefficient (Wildman–Crippen LogP) is 5.02. The average Bonchev–Trinajstić information content (AvgIpc) is 2.47. The number of halogens is 1. The molecule has 24 heavy (non-hydrogen) atoms. The van der Waals surface area contributed by atoms with Crippen molar-refractivity contribution in [3.05, 3.63) is 63.7 Å². The van der Waals surface area contributed by atoms with Crippen LogP contribution in [0.25, 0.3) is 0 Å². The zero-order valence-corrected chi connectivity index (χ0v) is 15.5. The Labute approximate surface area is 148 Å². The molecule has 2 aromatic carbocycles. The highest BCUT2D eigenvalue weighted by Gasteiger charge is 2.24. The Hall–Kier alpha value is -1.84. The molecule has 0 saturated carbocycles. The van der Waals surface area contributed by atoms with Crippen molar-refractivity contribution in [3.8, 4) is 0 Å². The van der Waals surface area contributed by atoms with E-state index in [4.69, 9.17) is 11.6 Å². The summed E-state index contributed by atoms with van der Waals surface area (Å²) < 4.78 is 0. The summed E-state index contributed by atoms with van der Waals surface area (Å²) in [6.45, 7) is 9.46. The van der Waals surface area contributed by atoms with Gasteiger partial charge in [-0.15, -0.1) is 0 Å². The highest BCUT2D eigenvalue weighted by atomic mass is 35.5. The van der Waals surface area contributed by atoms with Crippen LogP contribution >= 0.6 is 11.6 Å². The smallest absolute Gasteiger partial charge is 0.229 e. The second kappa shape index (κ2) is 6.96. The molecule has 0 heterocycles. The highest BCUT2D eigenvalue weighted by molar-refractivity contribution is 6.30. The third-order valence-corrected chi connectivity index (χ3v) is 4.29. The Balaban J connectivity index is 2.49. The van der Waals surface area contributed by atoms with E-state index in [0.717, 1.165) is 16.7 Å². The number of carbonyl (C=O) groups excluding carboxylic acids is 1. The molecule has 0 fully saturated rings. The average molecular weight is 346 g/mol. The fourth-order valence-electron chi connectivity index (χ4n) is 2.60. The largest absolute Gasteiger partial charge is 0.384 e. The van der Waals surface area contributed by atoms with Crippen molar-refractivity contribution in [3.63, 3.8) is 0 Å². The van der Waals surface area contributed by atoms with Gasteiger partial charge in [-0.05, 0) is 48.7 Å². The van der Waals surface area contributed by atoms with E-state index in [9.17, 15) is 9.90 Å². The van der Waals surface area contributed by atoms with Crippen LogP contribution in [0.2, 0.25) is 5.02 Å². The molecule has 0 aromatic heterocycles. The molecule has 0 aliphatic heterocycles. The first-order chi connectivity index (χ1) is 11.1. The number of aryl methyl sites for hydroxylation is 2. The number of hydrogen-bond acceptors (Lipinski definition) is 2. The molecule has 1 unspecified atom stereocenters. The first-order valence-corrected chi connectivity index (χ1v) is 8.34. The summed E-state index contributed by atoms with van der Waals surface area (Å²) in [5, 5.41) is 14.4. The van der Waals surface area contributed by atoms with E-state index in [-0.39, 0.29) is 5.91 Å². The molecule has 0 saturated heterocycles. The molecule has 3 nitrogen and oxygen atoms in total. The lowest BCUT2D eigenvalue weighted by Gasteiger charge is -2.23. The summed E-state index contributed by atoms with van der Waals surface area (Å²) in [6, 6.07) is 11.0. The molecule has 0 radical (unpaired) electrons. The Kier molecular flexibility index (Phi) is 5.36. The van der Waals surface area contributed by atoms with Gasteiger partial charge in [0, 0.05) is 21.7 Å². The van der Waals surface area contributed by atoms with E-state index >= 15 is 0 Å². The number of anilines is 1. The van der Waals surface area contributed by atoms with Gasteiger partial charge in [0.1, 0.15) is 6.10 Å². The summed E-state index contributed by atoms with van der Waals surface area (Å²) in [5.74, 6) is -0.111. The van der Waals surface area contributed by atoms with Gasteiger partial charge in [0.05, 0.1) is 0 Å². The summed E-state index contributed by atoms with van der Waals surface area (Å²) >= 11 is 6.13. The SMILES string of the molecule is Cc1cccc(C)c1C(O)c1cc(Cl)ccc1NC(=O)C(C)(C)C. The van der Waals surface area contributed by atoms with Crippen LogP contribution in [-0.4, -0.2) is 11.0 Å². The first-order valence-electron chi connectivity index (χ1n) is 7.96. The van der Waals surface area contributed by atoms with E-state index in [1.807, 2.05) is 52.8 Å². The molecule has 0 aliphatic carbocycles. The predicted molar refractivity (Wildman–Crippen MR) is 99.5 cm³/mol. The van der Waals surface area contributed by atoms with E-state index in [1.54, 1.807) is 18.2 Å². The Morgan fingerprint density at radius 1 is 1.12 bits per heavy atom. The van der Waals surface area contributed by atoms with Gasteiger partial charge in [-0.25, -0.2) is 0 Å². The number of nitrogens with one attached hydrogen (secondary N) is 1. The third kappa shape index (κ3) is 3.97. The molecule has 2 rings (SSSR count). The van der Waals surface area contributed by atoms with Crippen LogP contribution in [0.5, 0.6) is 0 Å². The van der Waals surface area contributed by atoms with Crippen LogP contribution in [0.4, 0.5) is 5.69 Å². The maximum absolute atomic E-state index is 12.3. The number of aliphatic hydroxyl groups excluding tert-OH is 1. The summed E-state index contributed by atoms with van der Waals surface area (Å²) in [7, 11) is 0. The third-order valence-electron chi connectivity index (χ3n) is 4.05. The van der Waals surface area contributed by atoms with E-state index in [2.05, 4.69) is 5.32 Å². The second-order valence-corrected chi connectivity index (χ2v) is 7.58. The van der Waals surface area contributed by atoms with Crippen LogP contribution < -0.4 is 5.32 Å². The number of carbonyl (C=O) groups is 1. The minimum atomic E-state index is -0.861. The van der Waals surface area contributed by atoms with Crippen LogP contribution in [0, 0.1) is 19.3 Å². The van der Waals surface area contributed by atoms with Crippen molar-refractivity contribution in [1.29, 1.82) is 0 Å². The number of rotatable bonds is 3. The lowest BCUT2D eigenvalue weighted by atomic mass is 9.91. The van der Waals surface area contributed by atoms with Gasteiger partial charge in [0.15, 0.2) is 0 Å². The molecule has 0 spiro atoms. The fraction of sp³-hybridized carbons (Fsp3) is 0.350.